The molecule has 0 aliphatic rings. The average Bonchev–Trinajstić information content (AvgIpc) is 2.36. The van der Waals surface area contributed by atoms with Crippen molar-refractivity contribution in [3.63, 3.8) is 0 Å². The summed E-state index contributed by atoms with van der Waals surface area (Å²) in [5, 5.41) is 3.18. The molecule has 1 amide bonds. The number of ether oxygens (including phenoxy) is 1. The van der Waals surface area contributed by atoms with Crippen LogP contribution in [0.25, 0.3) is 0 Å². The number of carbonyl (C=O) groups excluding carboxylic acids is 1. The Bertz CT molecular complexity index is 444. The maximum absolute atomic E-state index is 12.3. The van der Waals surface area contributed by atoms with E-state index in [1.807, 2.05) is 0 Å². The molecule has 0 fully saturated rings. The Balaban J connectivity index is 2.96. The van der Waals surface area contributed by atoms with Crippen molar-refractivity contribution in [1.82, 2.24) is 10.2 Å². The summed E-state index contributed by atoms with van der Waals surface area (Å²) in [6.45, 7) is -1.96. The summed E-state index contributed by atoms with van der Waals surface area (Å²) < 4.78 is 28.9. The number of amides is 1. The lowest BCUT2D eigenvalue weighted by molar-refractivity contribution is -0.0502. The van der Waals surface area contributed by atoms with Gasteiger partial charge in [-0.25, -0.2) is 0 Å². The third-order valence-electron chi connectivity index (χ3n) is 2.43. The van der Waals surface area contributed by atoms with Gasteiger partial charge in [0.05, 0.1) is 5.56 Å². The Labute approximate surface area is 115 Å². The van der Waals surface area contributed by atoms with E-state index in [4.69, 9.17) is 11.6 Å². The molecule has 7 heteroatoms. The number of hydrogen-bond donors (Lipinski definition) is 1. The molecule has 0 radical (unpaired) electrons. The molecule has 0 atom stereocenters. The van der Waals surface area contributed by atoms with E-state index < -0.39 is 12.5 Å². The first-order valence-electron chi connectivity index (χ1n) is 5.60. The van der Waals surface area contributed by atoms with Crippen LogP contribution in [0.2, 0.25) is 5.02 Å². The summed E-state index contributed by atoms with van der Waals surface area (Å²) in [6, 6.07) is 3.97. The molecule has 1 N–H and O–H groups in total. The zero-order chi connectivity index (χ0) is 14.4. The highest BCUT2D eigenvalue weighted by atomic mass is 35.5. The van der Waals surface area contributed by atoms with Crippen LogP contribution in [-0.2, 0) is 0 Å². The molecule has 1 aromatic carbocycles. The van der Waals surface area contributed by atoms with Crippen molar-refractivity contribution < 1.29 is 18.3 Å². The fourth-order valence-electron chi connectivity index (χ4n) is 1.45. The number of hydrogen-bond acceptors (Lipinski definition) is 3. The number of rotatable bonds is 6. The summed E-state index contributed by atoms with van der Waals surface area (Å²) in [5.74, 6) is -0.603. The van der Waals surface area contributed by atoms with E-state index in [0.717, 1.165) is 0 Å². The van der Waals surface area contributed by atoms with E-state index in [1.54, 1.807) is 14.1 Å². The molecule has 0 aliphatic carbocycles. The van der Waals surface area contributed by atoms with Crippen molar-refractivity contribution in [1.29, 1.82) is 0 Å². The highest BCUT2D eigenvalue weighted by molar-refractivity contribution is 6.31. The standard InChI is InChI=1S/C12H15ClF2N2O2/c1-16-5-6-17(2)11(18)9-7-8(13)3-4-10(9)19-12(14)15/h3-4,7,12,16H,5-6H2,1-2H3. The summed E-state index contributed by atoms with van der Waals surface area (Å²) in [4.78, 5) is 13.5. The molecule has 0 aliphatic heterocycles. The van der Waals surface area contributed by atoms with Crippen molar-refractivity contribution in [2.24, 2.45) is 0 Å². The first-order valence-corrected chi connectivity index (χ1v) is 5.98. The number of likely N-dealkylation sites (N-methyl/N-ethyl adjacent to an activating group) is 2. The Morgan fingerprint density at radius 2 is 2.21 bits per heavy atom. The Morgan fingerprint density at radius 3 is 2.79 bits per heavy atom. The Hall–Kier alpha value is -1.40. The van der Waals surface area contributed by atoms with Gasteiger partial charge in [0.15, 0.2) is 0 Å². The van der Waals surface area contributed by atoms with Gasteiger partial charge in [-0.1, -0.05) is 11.6 Å². The molecule has 1 rings (SSSR count). The van der Waals surface area contributed by atoms with Crippen LogP contribution in [0.15, 0.2) is 18.2 Å². The second kappa shape index (κ2) is 7.25. The van der Waals surface area contributed by atoms with E-state index in [0.29, 0.717) is 13.1 Å². The van der Waals surface area contributed by atoms with Crippen LogP contribution in [0.4, 0.5) is 8.78 Å². The smallest absolute Gasteiger partial charge is 0.387 e. The first-order chi connectivity index (χ1) is 8.95. The Morgan fingerprint density at radius 1 is 1.53 bits per heavy atom. The molecule has 106 valence electrons. The van der Waals surface area contributed by atoms with Gasteiger partial charge in [-0.3, -0.25) is 4.79 Å². The van der Waals surface area contributed by atoms with Crippen LogP contribution < -0.4 is 10.1 Å². The van der Waals surface area contributed by atoms with Crippen molar-refractivity contribution in [3.8, 4) is 5.75 Å². The second-order valence-electron chi connectivity index (χ2n) is 3.85. The van der Waals surface area contributed by atoms with Crippen LogP contribution in [0.3, 0.4) is 0 Å². The number of nitrogens with one attached hydrogen (secondary N) is 1. The normalized spacial score (nSPS) is 10.6. The van der Waals surface area contributed by atoms with Crippen LogP contribution in [0, 0.1) is 0 Å². The van der Waals surface area contributed by atoms with Crippen molar-refractivity contribution in [3.05, 3.63) is 28.8 Å². The minimum absolute atomic E-state index is 0.0198. The van der Waals surface area contributed by atoms with E-state index in [-0.39, 0.29) is 16.3 Å². The van der Waals surface area contributed by atoms with E-state index in [1.165, 1.54) is 23.1 Å². The topological polar surface area (TPSA) is 41.6 Å². The van der Waals surface area contributed by atoms with E-state index >= 15 is 0 Å². The van der Waals surface area contributed by atoms with Crippen LogP contribution >= 0.6 is 11.6 Å². The van der Waals surface area contributed by atoms with Gasteiger partial charge in [0.25, 0.3) is 5.91 Å². The van der Waals surface area contributed by atoms with Crippen molar-refractivity contribution >= 4 is 17.5 Å². The molecule has 1 aromatic rings. The third-order valence-corrected chi connectivity index (χ3v) is 2.67. The van der Waals surface area contributed by atoms with Crippen LogP contribution in [0.5, 0.6) is 5.75 Å². The maximum atomic E-state index is 12.3. The Kier molecular flexibility index (Phi) is 5.98. The molecular formula is C12H15ClF2N2O2. The van der Waals surface area contributed by atoms with Gasteiger partial charge in [0.1, 0.15) is 5.75 Å². The zero-order valence-electron chi connectivity index (χ0n) is 10.6. The minimum atomic E-state index is -2.99. The van der Waals surface area contributed by atoms with Gasteiger partial charge >= 0.3 is 6.61 Å². The molecular weight excluding hydrogens is 278 g/mol. The number of halogens is 3. The number of benzene rings is 1. The average molecular weight is 293 g/mol. The number of alkyl halides is 2. The van der Waals surface area contributed by atoms with Gasteiger partial charge in [-0.15, -0.1) is 0 Å². The molecule has 0 heterocycles. The second-order valence-corrected chi connectivity index (χ2v) is 4.29. The monoisotopic (exact) mass is 292 g/mol. The molecule has 0 saturated carbocycles. The van der Waals surface area contributed by atoms with Crippen LogP contribution in [0.1, 0.15) is 10.4 Å². The zero-order valence-corrected chi connectivity index (χ0v) is 11.4. The van der Waals surface area contributed by atoms with E-state index in [2.05, 4.69) is 10.1 Å². The van der Waals surface area contributed by atoms with Crippen molar-refractivity contribution in [2.45, 2.75) is 6.61 Å². The van der Waals surface area contributed by atoms with Crippen molar-refractivity contribution in [2.75, 3.05) is 27.2 Å². The predicted octanol–water partition coefficient (Wildman–Crippen LogP) is 2.23. The number of carbonyl (C=O) groups is 1. The predicted molar refractivity (Wildman–Crippen MR) is 69.0 cm³/mol. The van der Waals surface area contributed by atoms with Crippen LogP contribution in [-0.4, -0.2) is 44.6 Å². The largest absolute Gasteiger partial charge is 0.434 e. The molecule has 0 spiro atoms. The highest BCUT2D eigenvalue weighted by Gasteiger charge is 2.19. The van der Waals surface area contributed by atoms with Gasteiger partial charge < -0.3 is 15.0 Å². The molecule has 0 aromatic heterocycles. The lowest BCUT2D eigenvalue weighted by atomic mass is 10.1. The number of nitrogens with zero attached hydrogens (tertiary/aromatic N) is 1. The van der Waals surface area contributed by atoms with Gasteiger partial charge in [0, 0.05) is 25.2 Å². The third kappa shape index (κ3) is 4.65. The molecule has 19 heavy (non-hydrogen) atoms. The molecule has 0 bridgehead atoms. The SMILES string of the molecule is CNCCN(C)C(=O)c1cc(Cl)ccc1OC(F)F. The molecule has 0 unspecified atom stereocenters. The summed E-state index contributed by atoms with van der Waals surface area (Å²) >= 11 is 5.78. The molecule has 0 saturated heterocycles. The van der Waals surface area contributed by atoms with Gasteiger partial charge in [-0.05, 0) is 25.2 Å². The van der Waals surface area contributed by atoms with Gasteiger partial charge in [-0.2, -0.15) is 8.78 Å². The summed E-state index contributed by atoms with van der Waals surface area (Å²) in [7, 11) is 3.33. The lowest BCUT2D eigenvalue weighted by Crippen LogP contribution is -2.33. The lowest BCUT2D eigenvalue weighted by Gasteiger charge is -2.19. The maximum Gasteiger partial charge on any atom is 0.387 e. The fraction of sp³-hybridized carbons (Fsp3) is 0.417. The molecule has 4 nitrogen and oxygen atoms in total. The fourth-order valence-corrected chi connectivity index (χ4v) is 1.63. The van der Waals surface area contributed by atoms with Gasteiger partial charge in [0.2, 0.25) is 0 Å². The summed E-state index contributed by atoms with van der Waals surface area (Å²) in [6.07, 6.45) is 0. The highest BCUT2D eigenvalue weighted by Crippen LogP contribution is 2.25. The minimum Gasteiger partial charge on any atom is -0.434 e. The summed E-state index contributed by atoms with van der Waals surface area (Å²) in [5.41, 5.74) is 0.0198. The quantitative estimate of drug-likeness (QED) is 0.874. The van der Waals surface area contributed by atoms with E-state index in [9.17, 15) is 13.6 Å². The first kappa shape index (κ1) is 15.7.